The molecule has 12 heteroatoms. The highest BCUT2D eigenvalue weighted by atomic mass is 16.4. The number of nitrogens with one attached hydrogen (secondary N) is 2. The summed E-state index contributed by atoms with van der Waals surface area (Å²) < 4.78 is 0. The number of amides is 3. The molecule has 12 nitrogen and oxygen atoms in total. The normalized spacial score (nSPS) is 18.4. The number of phenols is 1. The number of aliphatic carboxylic acids is 2. The largest absolute Gasteiger partial charge is 0.508 e. The van der Waals surface area contributed by atoms with Gasteiger partial charge in [-0.05, 0) is 49.3 Å². The number of carboxylic acid groups (broad SMARTS) is 2. The lowest BCUT2D eigenvalue weighted by molar-refractivity contribution is -0.146. The molecular formula is C25H36N4O8. The summed E-state index contributed by atoms with van der Waals surface area (Å²) in [6.07, 6.45) is 0.849. The second kappa shape index (κ2) is 13.6. The lowest BCUT2D eigenvalue weighted by Gasteiger charge is -2.32. The highest BCUT2D eigenvalue weighted by molar-refractivity contribution is 5.94. The fraction of sp³-hybridized carbons (Fsp3) is 0.560. The summed E-state index contributed by atoms with van der Waals surface area (Å²) in [4.78, 5) is 62.9. The van der Waals surface area contributed by atoms with E-state index in [0.29, 0.717) is 19.3 Å². The van der Waals surface area contributed by atoms with Crippen molar-refractivity contribution in [3.63, 3.8) is 0 Å². The van der Waals surface area contributed by atoms with Crippen LogP contribution in [-0.2, 0) is 30.4 Å². The van der Waals surface area contributed by atoms with Crippen LogP contribution in [0.5, 0.6) is 5.75 Å². The molecule has 3 amide bonds. The number of aromatic hydroxyl groups is 1. The SMILES string of the molecule is CCC(C)C(NC(=O)C(N)Cc1ccc(O)cc1)C(=O)N1CCCC1C(=O)NC(CCC(=O)O)C(=O)O. The van der Waals surface area contributed by atoms with Crippen molar-refractivity contribution in [1.29, 1.82) is 0 Å². The Balaban J connectivity index is 2.11. The van der Waals surface area contributed by atoms with E-state index in [0.717, 1.165) is 5.56 Å². The molecular weight excluding hydrogens is 484 g/mol. The van der Waals surface area contributed by atoms with Gasteiger partial charge in [0.05, 0.1) is 6.04 Å². The zero-order valence-electron chi connectivity index (χ0n) is 21.1. The standard InChI is InChI=1S/C25H36N4O8/c1-3-14(2)21(28-22(33)17(26)13-15-6-8-16(30)9-7-15)24(35)29-12-4-5-19(29)23(34)27-18(25(36)37)10-11-20(31)32/h6-9,14,17-19,21,30H,3-5,10-13,26H2,1-2H3,(H,27,34)(H,28,33)(H,31,32)(H,36,37). The number of phenolic OH excluding ortho intramolecular Hbond substituents is 1. The molecule has 0 saturated carbocycles. The third-order valence-corrected chi connectivity index (χ3v) is 6.61. The minimum absolute atomic E-state index is 0.0879. The Hall–Kier alpha value is -3.67. The molecule has 2 rings (SSSR count). The Morgan fingerprint density at radius 2 is 1.76 bits per heavy atom. The number of nitrogens with two attached hydrogens (primary N) is 1. The quantitative estimate of drug-likeness (QED) is 0.210. The van der Waals surface area contributed by atoms with Gasteiger partial charge in [-0.1, -0.05) is 32.4 Å². The third kappa shape index (κ3) is 8.45. The van der Waals surface area contributed by atoms with E-state index in [1.807, 2.05) is 6.92 Å². The fourth-order valence-corrected chi connectivity index (χ4v) is 4.20. The molecule has 5 atom stereocenters. The summed E-state index contributed by atoms with van der Waals surface area (Å²) >= 11 is 0. The van der Waals surface area contributed by atoms with Gasteiger partial charge in [-0.25, -0.2) is 4.79 Å². The van der Waals surface area contributed by atoms with Gasteiger partial charge in [0.15, 0.2) is 0 Å². The second-order valence-electron chi connectivity index (χ2n) is 9.37. The first-order valence-electron chi connectivity index (χ1n) is 12.3. The predicted molar refractivity (Wildman–Crippen MR) is 132 cm³/mol. The Kier molecular flexibility index (Phi) is 10.9. The summed E-state index contributed by atoms with van der Waals surface area (Å²) in [6.45, 7) is 3.92. The van der Waals surface area contributed by atoms with E-state index in [9.17, 15) is 34.2 Å². The van der Waals surface area contributed by atoms with E-state index in [2.05, 4.69) is 10.6 Å². The monoisotopic (exact) mass is 520 g/mol. The molecule has 1 heterocycles. The first-order valence-corrected chi connectivity index (χ1v) is 12.3. The first-order chi connectivity index (χ1) is 17.4. The number of nitrogens with zero attached hydrogens (tertiary/aromatic N) is 1. The molecule has 7 N–H and O–H groups in total. The lowest BCUT2D eigenvalue weighted by atomic mass is 9.96. The van der Waals surface area contributed by atoms with Crippen molar-refractivity contribution in [2.75, 3.05) is 6.54 Å². The molecule has 1 aliphatic heterocycles. The minimum atomic E-state index is -1.40. The molecule has 0 spiro atoms. The summed E-state index contributed by atoms with van der Waals surface area (Å²) in [5, 5.41) is 32.7. The molecule has 5 unspecified atom stereocenters. The fourth-order valence-electron chi connectivity index (χ4n) is 4.20. The van der Waals surface area contributed by atoms with Gasteiger partial charge in [-0.15, -0.1) is 0 Å². The van der Waals surface area contributed by atoms with Crippen LogP contribution in [-0.4, -0.2) is 80.6 Å². The van der Waals surface area contributed by atoms with Crippen molar-refractivity contribution in [2.45, 2.75) is 76.5 Å². The summed E-state index contributed by atoms with van der Waals surface area (Å²) in [6, 6.07) is 2.03. The first kappa shape index (κ1) is 29.6. The zero-order valence-corrected chi connectivity index (χ0v) is 21.1. The molecule has 0 aliphatic carbocycles. The van der Waals surface area contributed by atoms with Crippen molar-refractivity contribution in [3.8, 4) is 5.75 Å². The van der Waals surface area contributed by atoms with Crippen LogP contribution < -0.4 is 16.4 Å². The van der Waals surface area contributed by atoms with E-state index in [1.165, 1.54) is 17.0 Å². The van der Waals surface area contributed by atoms with E-state index in [4.69, 9.17) is 10.8 Å². The molecule has 0 radical (unpaired) electrons. The molecule has 37 heavy (non-hydrogen) atoms. The van der Waals surface area contributed by atoms with Crippen LogP contribution in [0.1, 0.15) is 51.5 Å². The number of hydrogen-bond acceptors (Lipinski definition) is 7. The Bertz CT molecular complexity index is 983. The number of carboxylic acids is 2. The second-order valence-corrected chi connectivity index (χ2v) is 9.37. The van der Waals surface area contributed by atoms with Crippen LogP contribution in [0, 0.1) is 5.92 Å². The lowest BCUT2D eigenvalue weighted by Crippen LogP contribution is -2.58. The van der Waals surface area contributed by atoms with Crippen molar-refractivity contribution in [2.24, 2.45) is 11.7 Å². The van der Waals surface area contributed by atoms with Crippen LogP contribution in [0.4, 0.5) is 0 Å². The van der Waals surface area contributed by atoms with Gasteiger partial charge < -0.3 is 36.6 Å². The van der Waals surface area contributed by atoms with Crippen molar-refractivity contribution in [1.82, 2.24) is 15.5 Å². The predicted octanol–water partition coefficient (Wildman–Crippen LogP) is 0.218. The van der Waals surface area contributed by atoms with Crippen LogP contribution in [0.15, 0.2) is 24.3 Å². The molecule has 1 aliphatic rings. The van der Waals surface area contributed by atoms with Gasteiger partial charge in [0.25, 0.3) is 0 Å². The van der Waals surface area contributed by atoms with Gasteiger partial charge in [0.2, 0.25) is 17.7 Å². The average Bonchev–Trinajstić information content (AvgIpc) is 3.35. The van der Waals surface area contributed by atoms with Gasteiger partial charge in [0, 0.05) is 13.0 Å². The number of carbonyl (C=O) groups excluding carboxylic acids is 3. The molecule has 0 aromatic heterocycles. The van der Waals surface area contributed by atoms with Gasteiger partial charge in [-0.2, -0.15) is 0 Å². The number of rotatable bonds is 13. The number of carbonyl (C=O) groups is 5. The summed E-state index contributed by atoms with van der Waals surface area (Å²) in [5.74, 6) is -4.41. The summed E-state index contributed by atoms with van der Waals surface area (Å²) in [5.41, 5.74) is 6.81. The third-order valence-electron chi connectivity index (χ3n) is 6.61. The average molecular weight is 521 g/mol. The molecule has 1 aromatic carbocycles. The Labute approximate surface area is 215 Å². The molecule has 1 fully saturated rings. The minimum Gasteiger partial charge on any atom is -0.508 e. The van der Waals surface area contributed by atoms with E-state index >= 15 is 0 Å². The maximum Gasteiger partial charge on any atom is 0.326 e. The van der Waals surface area contributed by atoms with Crippen LogP contribution >= 0.6 is 0 Å². The highest BCUT2D eigenvalue weighted by Crippen LogP contribution is 2.22. The maximum absolute atomic E-state index is 13.5. The van der Waals surface area contributed by atoms with Crippen LogP contribution in [0.2, 0.25) is 0 Å². The topological polar surface area (TPSA) is 199 Å². The van der Waals surface area contributed by atoms with Crippen LogP contribution in [0.3, 0.4) is 0 Å². The Morgan fingerprint density at radius 3 is 2.32 bits per heavy atom. The Morgan fingerprint density at radius 1 is 1.11 bits per heavy atom. The van der Waals surface area contributed by atoms with Crippen molar-refractivity contribution < 1.29 is 39.3 Å². The van der Waals surface area contributed by atoms with E-state index in [-0.39, 0.29) is 31.1 Å². The zero-order chi connectivity index (χ0) is 27.7. The number of hydrogen-bond donors (Lipinski definition) is 6. The van der Waals surface area contributed by atoms with E-state index < -0.39 is 60.2 Å². The molecule has 204 valence electrons. The molecule has 0 bridgehead atoms. The molecule has 1 saturated heterocycles. The highest BCUT2D eigenvalue weighted by Gasteiger charge is 2.40. The summed E-state index contributed by atoms with van der Waals surface area (Å²) in [7, 11) is 0. The van der Waals surface area contributed by atoms with E-state index in [1.54, 1.807) is 19.1 Å². The number of benzene rings is 1. The van der Waals surface area contributed by atoms with Crippen molar-refractivity contribution >= 4 is 29.7 Å². The van der Waals surface area contributed by atoms with Gasteiger partial charge >= 0.3 is 11.9 Å². The van der Waals surface area contributed by atoms with Gasteiger partial charge in [0.1, 0.15) is 23.9 Å². The molecule has 1 aromatic rings. The maximum atomic E-state index is 13.5. The smallest absolute Gasteiger partial charge is 0.326 e. The van der Waals surface area contributed by atoms with Crippen molar-refractivity contribution in [3.05, 3.63) is 29.8 Å². The number of likely N-dealkylation sites (tertiary alicyclic amines) is 1. The van der Waals surface area contributed by atoms with Gasteiger partial charge in [-0.3, -0.25) is 19.2 Å². The van der Waals surface area contributed by atoms with Crippen LogP contribution in [0.25, 0.3) is 0 Å².